The maximum absolute atomic E-state index is 12.0. The van der Waals surface area contributed by atoms with Crippen LogP contribution in [-0.4, -0.2) is 37.0 Å². The average Bonchev–Trinajstić information content (AvgIpc) is 2.75. The van der Waals surface area contributed by atoms with Crippen molar-refractivity contribution in [3.8, 4) is 0 Å². The number of nitrogens with one attached hydrogen (secondary N) is 1. The molecular formula is C12H19ClN2O2. The number of likely N-dealkylation sites (tertiary alicyclic amines) is 1. The smallest absolute Gasteiger partial charge is 0.289 e. The number of nitrogens with zero attached hydrogens (tertiary/aromatic N) is 1. The topological polar surface area (TPSA) is 45.5 Å². The molecule has 1 amide bonds. The van der Waals surface area contributed by atoms with E-state index in [0.29, 0.717) is 11.8 Å². The third-order valence-corrected chi connectivity index (χ3v) is 3.14. The molecular weight excluding hydrogens is 240 g/mol. The molecule has 17 heavy (non-hydrogen) atoms. The van der Waals surface area contributed by atoms with Crippen molar-refractivity contribution < 1.29 is 9.21 Å². The Hall–Kier alpha value is -1.00. The number of hydrogen-bond acceptors (Lipinski definition) is 3. The van der Waals surface area contributed by atoms with E-state index in [1.54, 1.807) is 6.07 Å². The minimum atomic E-state index is 0. The molecule has 0 saturated carbocycles. The minimum Gasteiger partial charge on any atom is -0.456 e. The Morgan fingerprint density at radius 1 is 1.41 bits per heavy atom. The molecule has 0 bridgehead atoms. The molecule has 1 N–H and O–H groups in total. The third-order valence-electron chi connectivity index (χ3n) is 3.14. The number of hydrogen-bond donors (Lipinski definition) is 1. The monoisotopic (exact) mass is 258 g/mol. The fourth-order valence-corrected chi connectivity index (χ4v) is 2.08. The summed E-state index contributed by atoms with van der Waals surface area (Å²) in [5.41, 5.74) is 0. The summed E-state index contributed by atoms with van der Waals surface area (Å²) in [5, 5.41) is 3.25. The summed E-state index contributed by atoms with van der Waals surface area (Å²) in [6.45, 7) is 3.47. The summed E-state index contributed by atoms with van der Waals surface area (Å²) in [6.07, 6.45) is 2.03. The zero-order chi connectivity index (χ0) is 11.5. The van der Waals surface area contributed by atoms with Crippen LogP contribution in [0.15, 0.2) is 16.5 Å². The van der Waals surface area contributed by atoms with Crippen molar-refractivity contribution in [3.63, 3.8) is 0 Å². The summed E-state index contributed by atoms with van der Waals surface area (Å²) in [7, 11) is 1.97. The normalized spacial score (nSPS) is 16.7. The molecule has 0 spiro atoms. The SMILES string of the molecule is CNC1CCN(C(=O)c2ccc(C)o2)CC1.Cl. The number of halogens is 1. The van der Waals surface area contributed by atoms with Gasteiger partial charge in [-0.3, -0.25) is 4.79 Å². The molecule has 1 fully saturated rings. The highest BCUT2D eigenvalue weighted by Gasteiger charge is 2.24. The van der Waals surface area contributed by atoms with Gasteiger partial charge in [-0.1, -0.05) is 0 Å². The van der Waals surface area contributed by atoms with Gasteiger partial charge in [-0.05, 0) is 38.9 Å². The molecule has 1 aliphatic rings. The highest BCUT2D eigenvalue weighted by Crippen LogP contribution is 2.15. The molecule has 1 aromatic rings. The summed E-state index contributed by atoms with van der Waals surface area (Å²) in [5.74, 6) is 1.26. The molecule has 0 aliphatic carbocycles. The largest absolute Gasteiger partial charge is 0.456 e. The molecule has 2 rings (SSSR count). The van der Waals surface area contributed by atoms with E-state index in [1.807, 2.05) is 24.9 Å². The first-order chi connectivity index (χ1) is 7.70. The van der Waals surface area contributed by atoms with Gasteiger partial charge in [-0.2, -0.15) is 0 Å². The van der Waals surface area contributed by atoms with Gasteiger partial charge in [-0.25, -0.2) is 0 Å². The number of piperidine rings is 1. The molecule has 0 aromatic carbocycles. The van der Waals surface area contributed by atoms with Crippen molar-refractivity contribution in [2.45, 2.75) is 25.8 Å². The van der Waals surface area contributed by atoms with Crippen molar-refractivity contribution in [3.05, 3.63) is 23.7 Å². The second kappa shape index (κ2) is 6.07. The number of carbonyl (C=O) groups is 1. The number of furan rings is 1. The van der Waals surface area contributed by atoms with E-state index in [0.717, 1.165) is 31.7 Å². The second-order valence-corrected chi connectivity index (χ2v) is 4.27. The lowest BCUT2D eigenvalue weighted by Crippen LogP contribution is -2.43. The Labute approximate surface area is 108 Å². The molecule has 2 heterocycles. The number of carbonyl (C=O) groups excluding carboxylic acids is 1. The number of rotatable bonds is 2. The fourth-order valence-electron chi connectivity index (χ4n) is 2.08. The van der Waals surface area contributed by atoms with Gasteiger partial charge in [0.15, 0.2) is 5.76 Å². The van der Waals surface area contributed by atoms with Crippen LogP contribution in [0, 0.1) is 6.92 Å². The predicted molar refractivity (Wildman–Crippen MR) is 68.7 cm³/mol. The molecule has 1 saturated heterocycles. The Morgan fingerprint density at radius 2 is 2.06 bits per heavy atom. The van der Waals surface area contributed by atoms with Gasteiger partial charge in [0.2, 0.25) is 0 Å². The van der Waals surface area contributed by atoms with Crippen molar-refractivity contribution in [1.82, 2.24) is 10.2 Å². The Bertz CT molecular complexity index is 370. The van der Waals surface area contributed by atoms with Crippen LogP contribution in [0.25, 0.3) is 0 Å². The van der Waals surface area contributed by atoms with E-state index >= 15 is 0 Å². The standard InChI is InChI=1S/C12H18N2O2.ClH/c1-9-3-4-11(16-9)12(15)14-7-5-10(13-2)6-8-14;/h3-4,10,13H,5-8H2,1-2H3;1H. The second-order valence-electron chi connectivity index (χ2n) is 4.27. The number of aryl methyl sites for hydroxylation is 1. The zero-order valence-electron chi connectivity index (χ0n) is 10.2. The Morgan fingerprint density at radius 3 is 2.53 bits per heavy atom. The molecule has 96 valence electrons. The maximum Gasteiger partial charge on any atom is 0.289 e. The van der Waals surface area contributed by atoms with E-state index in [1.165, 1.54) is 0 Å². The van der Waals surface area contributed by atoms with Gasteiger partial charge in [0, 0.05) is 19.1 Å². The lowest BCUT2D eigenvalue weighted by Gasteiger charge is -2.31. The van der Waals surface area contributed by atoms with Gasteiger partial charge >= 0.3 is 0 Å². The molecule has 5 heteroatoms. The van der Waals surface area contributed by atoms with Crippen LogP contribution >= 0.6 is 12.4 Å². The Kier molecular flexibility index (Phi) is 5.02. The van der Waals surface area contributed by atoms with Crippen LogP contribution in [0.4, 0.5) is 0 Å². The summed E-state index contributed by atoms with van der Waals surface area (Å²) in [4.78, 5) is 13.9. The van der Waals surface area contributed by atoms with Crippen molar-refractivity contribution >= 4 is 18.3 Å². The molecule has 0 radical (unpaired) electrons. The molecule has 4 nitrogen and oxygen atoms in total. The van der Waals surface area contributed by atoms with Crippen LogP contribution in [-0.2, 0) is 0 Å². The van der Waals surface area contributed by atoms with E-state index in [4.69, 9.17) is 4.42 Å². The summed E-state index contributed by atoms with van der Waals surface area (Å²) < 4.78 is 5.34. The third kappa shape index (κ3) is 3.23. The van der Waals surface area contributed by atoms with Crippen LogP contribution in [0.5, 0.6) is 0 Å². The van der Waals surface area contributed by atoms with Crippen LogP contribution in [0.2, 0.25) is 0 Å². The van der Waals surface area contributed by atoms with Crippen LogP contribution in [0.3, 0.4) is 0 Å². The van der Waals surface area contributed by atoms with Gasteiger partial charge in [-0.15, -0.1) is 12.4 Å². The van der Waals surface area contributed by atoms with Gasteiger partial charge in [0.1, 0.15) is 5.76 Å². The molecule has 0 unspecified atom stereocenters. The van der Waals surface area contributed by atoms with E-state index in [2.05, 4.69) is 5.32 Å². The maximum atomic E-state index is 12.0. The van der Waals surface area contributed by atoms with Crippen molar-refractivity contribution in [1.29, 1.82) is 0 Å². The number of amides is 1. The van der Waals surface area contributed by atoms with Gasteiger partial charge in [0.05, 0.1) is 0 Å². The first-order valence-corrected chi connectivity index (χ1v) is 5.73. The van der Waals surface area contributed by atoms with Gasteiger partial charge in [0.25, 0.3) is 5.91 Å². The first-order valence-electron chi connectivity index (χ1n) is 5.73. The van der Waals surface area contributed by atoms with Gasteiger partial charge < -0.3 is 14.6 Å². The molecule has 1 aromatic heterocycles. The predicted octanol–water partition coefficient (Wildman–Crippen LogP) is 1.83. The summed E-state index contributed by atoms with van der Waals surface area (Å²) >= 11 is 0. The minimum absolute atomic E-state index is 0. The first kappa shape index (κ1) is 14.1. The molecule has 0 atom stereocenters. The van der Waals surface area contributed by atoms with E-state index < -0.39 is 0 Å². The quantitative estimate of drug-likeness (QED) is 0.880. The van der Waals surface area contributed by atoms with Crippen molar-refractivity contribution in [2.24, 2.45) is 0 Å². The lowest BCUT2D eigenvalue weighted by atomic mass is 10.1. The average molecular weight is 259 g/mol. The highest BCUT2D eigenvalue weighted by atomic mass is 35.5. The van der Waals surface area contributed by atoms with Crippen LogP contribution < -0.4 is 5.32 Å². The van der Waals surface area contributed by atoms with Crippen molar-refractivity contribution in [2.75, 3.05) is 20.1 Å². The van der Waals surface area contributed by atoms with Crippen LogP contribution in [0.1, 0.15) is 29.2 Å². The highest BCUT2D eigenvalue weighted by molar-refractivity contribution is 5.91. The fraction of sp³-hybridized carbons (Fsp3) is 0.583. The zero-order valence-corrected chi connectivity index (χ0v) is 11.0. The summed E-state index contributed by atoms with van der Waals surface area (Å²) in [6, 6.07) is 4.12. The van der Waals surface area contributed by atoms with E-state index in [-0.39, 0.29) is 18.3 Å². The Balaban J connectivity index is 0.00000144. The van der Waals surface area contributed by atoms with E-state index in [9.17, 15) is 4.79 Å². The molecule has 1 aliphatic heterocycles. The lowest BCUT2D eigenvalue weighted by molar-refractivity contribution is 0.0674.